The summed E-state index contributed by atoms with van der Waals surface area (Å²) in [6, 6.07) is 0. The van der Waals surface area contributed by atoms with E-state index in [-0.39, 0.29) is 12.3 Å². The largest absolute Gasteiger partial charge is 0.468 e. The summed E-state index contributed by atoms with van der Waals surface area (Å²) in [5.74, 6) is -1.25. The maximum atomic E-state index is 12.0. The van der Waals surface area contributed by atoms with Crippen LogP contribution in [0.25, 0.3) is 0 Å². The lowest BCUT2D eigenvalue weighted by atomic mass is 9.81. The van der Waals surface area contributed by atoms with Crippen LogP contribution >= 0.6 is 0 Å². The molecule has 1 aliphatic carbocycles. The zero-order valence-electron chi connectivity index (χ0n) is 12.2. The van der Waals surface area contributed by atoms with E-state index in [4.69, 9.17) is 14.2 Å². The summed E-state index contributed by atoms with van der Waals surface area (Å²) in [5, 5.41) is 0. The molecule has 1 unspecified atom stereocenters. The highest BCUT2D eigenvalue weighted by Crippen LogP contribution is 2.50. The zero-order valence-corrected chi connectivity index (χ0v) is 12.2. The highest BCUT2D eigenvalue weighted by Gasteiger charge is 2.57. The summed E-state index contributed by atoms with van der Waals surface area (Å²) in [5.41, 5.74) is -0.982. The Labute approximate surface area is 113 Å². The highest BCUT2D eigenvalue weighted by atomic mass is 16.5. The van der Waals surface area contributed by atoms with Gasteiger partial charge in [0.25, 0.3) is 0 Å². The summed E-state index contributed by atoms with van der Waals surface area (Å²) in [7, 11) is 4.14. The number of methoxy groups -OCH3 is 3. The zero-order chi connectivity index (χ0) is 14.8. The Morgan fingerprint density at radius 2 is 1.68 bits per heavy atom. The smallest absolute Gasteiger partial charge is 0.323 e. The van der Waals surface area contributed by atoms with Crippen molar-refractivity contribution in [2.45, 2.75) is 32.3 Å². The molecule has 0 aromatic rings. The molecule has 0 heterocycles. The monoisotopic (exact) mass is 270 g/mol. The van der Waals surface area contributed by atoms with Crippen molar-refractivity contribution < 1.29 is 23.8 Å². The molecule has 1 fully saturated rings. The fraction of sp³-hybridized carbons (Fsp3) is 0.714. The molecule has 108 valence electrons. The number of carbonyl (C=O) groups excluding carboxylic acids is 2. The predicted molar refractivity (Wildman–Crippen MR) is 69.4 cm³/mol. The molecule has 0 spiro atoms. The lowest BCUT2D eigenvalue weighted by Gasteiger charge is -2.31. The van der Waals surface area contributed by atoms with E-state index in [1.165, 1.54) is 14.2 Å². The molecule has 0 bridgehead atoms. The van der Waals surface area contributed by atoms with E-state index in [0.29, 0.717) is 6.42 Å². The van der Waals surface area contributed by atoms with Gasteiger partial charge in [0.05, 0.1) is 19.8 Å². The molecule has 0 N–H and O–H groups in total. The molecule has 1 saturated carbocycles. The van der Waals surface area contributed by atoms with Crippen LogP contribution in [0, 0.1) is 11.3 Å². The topological polar surface area (TPSA) is 61.8 Å². The van der Waals surface area contributed by atoms with Crippen LogP contribution in [-0.2, 0) is 23.8 Å². The van der Waals surface area contributed by atoms with Gasteiger partial charge in [0.15, 0.2) is 5.41 Å². The molecular formula is C14H22O5. The van der Waals surface area contributed by atoms with E-state index in [0.717, 1.165) is 5.57 Å². The second-order valence-corrected chi connectivity index (χ2v) is 5.46. The molecule has 1 aliphatic rings. The highest BCUT2D eigenvalue weighted by molar-refractivity contribution is 6.01. The van der Waals surface area contributed by atoms with Gasteiger partial charge in [0, 0.05) is 13.0 Å². The van der Waals surface area contributed by atoms with Crippen LogP contribution in [-0.4, -0.2) is 38.9 Å². The first-order valence-electron chi connectivity index (χ1n) is 6.15. The molecule has 1 atom stereocenters. The van der Waals surface area contributed by atoms with Crippen LogP contribution in [0.3, 0.4) is 0 Å². The van der Waals surface area contributed by atoms with Crippen molar-refractivity contribution >= 4 is 11.9 Å². The molecule has 0 aromatic heterocycles. The van der Waals surface area contributed by atoms with Crippen LogP contribution in [0.4, 0.5) is 0 Å². The normalized spacial score (nSPS) is 22.2. The van der Waals surface area contributed by atoms with E-state index < -0.39 is 23.0 Å². The van der Waals surface area contributed by atoms with Gasteiger partial charge in [-0.1, -0.05) is 12.2 Å². The second kappa shape index (κ2) is 5.33. The van der Waals surface area contributed by atoms with E-state index in [1.807, 2.05) is 13.8 Å². The van der Waals surface area contributed by atoms with Crippen LogP contribution in [0.15, 0.2) is 12.2 Å². The summed E-state index contributed by atoms with van der Waals surface area (Å²) >= 11 is 0. The minimum absolute atomic E-state index is 0.101. The van der Waals surface area contributed by atoms with Gasteiger partial charge in [0.1, 0.15) is 0 Å². The Kier molecular flexibility index (Phi) is 4.40. The molecular weight excluding hydrogens is 248 g/mol. The second-order valence-electron chi connectivity index (χ2n) is 5.46. The third-order valence-corrected chi connectivity index (χ3v) is 4.09. The van der Waals surface area contributed by atoms with Crippen molar-refractivity contribution in [3.05, 3.63) is 12.2 Å². The number of hydrogen-bond acceptors (Lipinski definition) is 5. The summed E-state index contributed by atoms with van der Waals surface area (Å²) < 4.78 is 15.0. The fourth-order valence-electron chi connectivity index (χ4n) is 2.74. The molecule has 19 heavy (non-hydrogen) atoms. The number of esters is 2. The molecule has 0 aromatic carbocycles. The third kappa shape index (κ3) is 2.52. The maximum Gasteiger partial charge on any atom is 0.323 e. The van der Waals surface area contributed by atoms with E-state index in [1.54, 1.807) is 7.11 Å². The van der Waals surface area contributed by atoms with Crippen LogP contribution in [0.5, 0.6) is 0 Å². The lowest BCUT2D eigenvalue weighted by molar-refractivity contribution is -0.169. The van der Waals surface area contributed by atoms with Crippen molar-refractivity contribution in [1.29, 1.82) is 0 Å². The minimum Gasteiger partial charge on any atom is -0.468 e. The van der Waals surface area contributed by atoms with Gasteiger partial charge >= 0.3 is 11.9 Å². The SMILES string of the molecule is C=C1CC(C(=O)OC)(C(=O)OC)CC1C(C)(C)OC. The fourth-order valence-corrected chi connectivity index (χ4v) is 2.74. The van der Waals surface area contributed by atoms with Gasteiger partial charge in [-0.15, -0.1) is 0 Å². The predicted octanol–water partition coefficient (Wildman–Crippen LogP) is 1.71. The maximum absolute atomic E-state index is 12.0. The molecule has 0 amide bonds. The minimum atomic E-state index is -1.29. The van der Waals surface area contributed by atoms with Crippen molar-refractivity contribution in [3.8, 4) is 0 Å². The first-order valence-corrected chi connectivity index (χ1v) is 6.15. The van der Waals surface area contributed by atoms with Gasteiger partial charge < -0.3 is 14.2 Å². The number of hydrogen-bond donors (Lipinski definition) is 0. The van der Waals surface area contributed by atoms with Gasteiger partial charge in [0.2, 0.25) is 0 Å². The summed E-state index contributed by atoms with van der Waals surface area (Å²) in [6.07, 6.45) is 0.538. The lowest BCUT2D eigenvalue weighted by Crippen LogP contribution is -2.41. The Hall–Kier alpha value is -1.36. The van der Waals surface area contributed by atoms with E-state index in [9.17, 15) is 9.59 Å². The average Bonchev–Trinajstić information content (AvgIpc) is 2.76. The first kappa shape index (κ1) is 15.7. The molecule has 5 heteroatoms. The van der Waals surface area contributed by atoms with Gasteiger partial charge in [-0.05, 0) is 26.7 Å². The van der Waals surface area contributed by atoms with Crippen LogP contribution in [0.1, 0.15) is 26.7 Å². The van der Waals surface area contributed by atoms with Gasteiger partial charge in [-0.2, -0.15) is 0 Å². The Bertz CT molecular complexity index is 381. The standard InChI is InChI=1S/C14H22O5/c1-9-7-14(11(15)17-4,12(16)18-5)8-10(9)13(2,3)19-6/h10H,1,7-8H2,2-6H3. The molecule has 1 rings (SSSR count). The van der Waals surface area contributed by atoms with Gasteiger partial charge in [-0.25, -0.2) is 0 Å². The quantitative estimate of drug-likeness (QED) is 0.442. The third-order valence-electron chi connectivity index (χ3n) is 4.09. The van der Waals surface area contributed by atoms with Crippen LogP contribution < -0.4 is 0 Å². The molecule has 0 aliphatic heterocycles. The van der Waals surface area contributed by atoms with Crippen molar-refractivity contribution in [2.24, 2.45) is 11.3 Å². The van der Waals surface area contributed by atoms with Gasteiger partial charge in [-0.3, -0.25) is 9.59 Å². The molecule has 0 radical (unpaired) electrons. The first-order chi connectivity index (χ1) is 8.75. The number of rotatable bonds is 4. The van der Waals surface area contributed by atoms with E-state index >= 15 is 0 Å². The van der Waals surface area contributed by atoms with Crippen molar-refractivity contribution in [1.82, 2.24) is 0 Å². The summed E-state index contributed by atoms with van der Waals surface area (Å²) in [4.78, 5) is 24.1. The summed E-state index contributed by atoms with van der Waals surface area (Å²) in [6.45, 7) is 7.80. The number of ether oxygens (including phenoxy) is 3. The van der Waals surface area contributed by atoms with Crippen molar-refractivity contribution in [3.63, 3.8) is 0 Å². The van der Waals surface area contributed by atoms with Crippen LogP contribution in [0.2, 0.25) is 0 Å². The molecule has 5 nitrogen and oxygen atoms in total. The molecule has 0 saturated heterocycles. The Morgan fingerprint density at radius 1 is 1.21 bits per heavy atom. The Morgan fingerprint density at radius 3 is 2.05 bits per heavy atom. The average molecular weight is 270 g/mol. The Balaban J connectivity index is 3.16. The van der Waals surface area contributed by atoms with E-state index in [2.05, 4.69) is 6.58 Å². The number of carbonyl (C=O) groups is 2. The van der Waals surface area contributed by atoms with Crippen molar-refractivity contribution in [2.75, 3.05) is 21.3 Å².